The third-order valence-electron chi connectivity index (χ3n) is 3.83. The number of anilines is 1. The number of hydrogen-bond acceptors (Lipinski definition) is 8. The number of nitrogens with one attached hydrogen (secondary N) is 1. The van der Waals surface area contributed by atoms with Crippen molar-refractivity contribution in [1.29, 1.82) is 0 Å². The molecule has 150 valence electrons. The first-order valence-electron chi connectivity index (χ1n) is 8.60. The summed E-state index contributed by atoms with van der Waals surface area (Å²) in [6.07, 6.45) is 1.08. The second kappa shape index (κ2) is 7.63. The summed E-state index contributed by atoms with van der Waals surface area (Å²) in [7, 11) is 0. The number of cyclic esters (lactones) is 2. The van der Waals surface area contributed by atoms with E-state index in [1.165, 1.54) is 32.0 Å². The molecule has 0 bridgehead atoms. The molecular formula is C20H18N2O7. The van der Waals surface area contributed by atoms with Crippen molar-refractivity contribution < 1.29 is 28.7 Å². The van der Waals surface area contributed by atoms with Gasteiger partial charge in [-0.25, -0.2) is 9.59 Å². The molecular weight excluding hydrogens is 380 g/mol. The second-order valence-electron chi connectivity index (χ2n) is 6.77. The molecule has 3 rings (SSSR count). The first-order valence-corrected chi connectivity index (χ1v) is 8.60. The zero-order valence-electron chi connectivity index (χ0n) is 15.9. The molecule has 0 aliphatic carbocycles. The minimum Gasteiger partial charge on any atom is -0.457 e. The largest absolute Gasteiger partial charge is 0.457 e. The Morgan fingerprint density at radius 2 is 1.76 bits per heavy atom. The molecule has 0 spiro atoms. The summed E-state index contributed by atoms with van der Waals surface area (Å²) in [5, 5.41) is 13.9. The Bertz CT molecular complexity index is 1010. The lowest BCUT2D eigenvalue weighted by molar-refractivity contribution is -0.384. The van der Waals surface area contributed by atoms with E-state index in [-0.39, 0.29) is 22.7 Å². The van der Waals surface area contributed by atoms with E-state index >= 15 is 0 Å². The van der Waals surface area contributed by atoms with E-state index in [4.69, 9.17) is 14.2 Å². The van der Waals surface area contributed by atoms with Gasteiger partial charge < -0.3 is 19.5 Å². The average Bonchev–Trinajstić information content (AvgIpc) is 2.59. The molecule has 1 fully saturated rings. The highest BCUT2D eigenvalue weighted by Gasteiger charge is 2.38. The summed E-state index contributed by atoms with van der Waals surface area (Å²) >= 11 is 0. The van der Waals surface area contributed by atoms with E-state index in [2.05, 4.69) is 5.32 Å². The Hall–Kier alpha value is -3.88. The third-order valence-corrected chi connectivity index (χ3v) is 3.83. The van der Waals surface area contributed by atoms with Gasteiger partial charge in [-0.2, -0.15) is 0 Å². The van der Waals surface area contributed by atoms with Crippen LogP contribution >= 0.6 is 0 Å². The molecule has 9 nitrogen and oxygen atoms in total. The molecule has 2 aromatic carbocycles. The molecule has 0 atom stereocenters. The van der Waals surface area contributed by atoms with E-state index < -0.39 is 22.6 Å². The van der Waals surface area contributed by atoms with Gasteiger partial charge in [0, 0.05) is 37.9 Å². The lowest BCUT2D eigenvalue weighted by Gasteiger charge is -2.29. The molecule has 1 aliphatic heterocycles. The fraction of sp³-hybridized carbons (Fsp3) is 0.200. The number of carbonyl (C=O) groups excluding carboxylic acids is 2. The van der Waals surface area contributed by atoms with Crippen molar-refractivity contribution in [2.75, 3.05) is 5.32 Å². The topological polar surface area (TPSA) is 117 Å². The van der Waals surface area contributed by atoms with Crippen LogP contribution in [-0.4, -0.2) is 22.6 Å². The Morgan fingerprint density at radius 1 is 1.07 bits per heavy atom. The number of esters is 2. The van der Waals surface area contributed by atoms with Crippen LogP contribution in [0.15, 0.2) is 54.2 Å². The zero-order valence-corrected chi connectivity index (χ0v) is 15.9. The van der Waals surface area contributed by atoms with Crippen molar-refractivity contribution in [3.8, 4) is 11.5 Å². The van der Waals surface area contributed by atoms with Gasteiger partial charge in [0.1, 0.15) is 11.5 Å². The monoisotopic (exact) mass is 398 g/mol. The van der Waals surface area contributed by atoms with E-state index in [0.717, 1.165) is 11.8 Å². The molecule has 0 radical (unpaired) electrons. The Balaban J connectivity index is 1.87. The molecule has 0 unspecified atom stereocenters. The minimum absolute atomic E-state index is 0.209. The molecule has 29 heavy (non-hydrogen) atoms. The SMILES string of the molecule is Cc1cccc(Oc2cc(NC=C3C(=O)OC(C)(C)OC3=O)cc([N+](=O)[O-])c2)c1. The second-order valence-corrected chi connectivity index (χ2v) is 6.77. The number of nitro groups is 1. The number of hydrogen-bond donors (Lipinski definition) is 1. The van der Waals surface area contributed by atoms with Crippen molar-refractivity contribution in [2.45, 2.75) is 26.6 Å². The normalized spacial score (nSPS) is 15.2. The molecule has 1 aliphatic rings. The molecule has 1 saturated heterocycles. The van der Waals surface area contributed by atoms with E-state index in [1.807, 2.05) is 13.0 Å². The van der Waals surface area contributed by atoms with Crippen LogP contribution in [0.4, 0.5) is 11.4 Å². The standard InChI is InChI=1S/C20H18N2O7/c1-12-5-4-6-15(7-12)27-16-9-13(8-14(10-16)22(25)26)21-11-17-18(23)28-20(2,3)29-19(17)24/h4-11,21H,1-3H3. The van der Waals surface area contributed by atoms with Crippen molar-refractivity contribution in [2.24, 2.45) is 0 Å². The number of rotatable bonds is 5. The van der Waals surface area contributed by atoms with E-state index in [0.29, 0.717) is 5.75 Å². The first kappa shape index (κ1) is 19.9. The first-order chi connectivity index (χ1) is 13.6. The van der Waals surface area contributed by atoms with E-state index in [1.54, 1.807) is 18.2 Å². The summed E-state index contributed by atoms with van der Waals surface area (Å²) < 4.78 is 15.7. The van der Waals surface area contributed by atoms with Crippen LogP contribution in [0.5, 0.6) is 11.5 Å². The quantitative estimate of drug-likeness (QED) is 0.265. The number of ether oxygens (including phenoxy) is 3. The summed E-state index contributed by atoms with van der Waals surface area (Å²) in [5.41, 5.74) is 0.607. The third kappa shape index (κ3) is 4.89. The van der Waals surface area contributed by atoms with Gasteiger partial charge in [-0.3, -0.25) is 10.1 Å². The predicted molar refractivity (Wildman–Crippen MR) is 102 cm³/mol. The summed E-state index contributed by atoms with van der Waals surface area (Å²) in [6.45, 7) is 4.76. The fourth-order valence-corrected chi connectivity index (χ4v) is 2.58. The molecule has 0 saturated carbocycles. The minimum atomic E-state index is -1.36. The Morgan fingerprint density at radius 3 is 2.38 bits per heavy atom. The van der Waals surface area contributed by atoms with Crippen molar-refractivity contribution >= 4 is 23.3 Å². The molecule has 2 aromatic rings. The van der Waals surface area contributed by atoms with Gasteiger partial charge >= 0.3 is 11.9 Å². The van der Waals surface area contributed by atoms with Gasteiger partial charge in [0.25, 0.3) is 11.5 Å². The van der Waals surface area contributed by atoms with Crippen LogP contribution in [0.1, 0.15) is 19.4 Å². The number of aryl methyl sites for hydroxylation is 1. The number of non-ortho nitro benzene ring substituents is 1. The maximum Gasteiger partial charge on any atom is 0.350 e. The van der Waals surface area contributed by atoms with Crippen molar-refractivity contribution in [3.63, 3.8) is 0 Å². The Kier molecular flexibility index (Phi) is 5.22. The lowest BCUT2D eigenvalue weighted by Crippen LogP contribution is -2.42. The smallest absolute Gasteiger partial charge is 0.350 e. The lowest BCUT2D eigenvalue weighted by atomic mass is 10.2. The van der Waals surface area contributed by atoms with Gasteiger partial charge in [0.15, 0.2) is 5.57 Å². The van der Waals surface area contributed by atoms with Crippen LogP contribution < -0.4 is 10.1 Å². The maximum absolute atomic E-state index is 12.0. The highest BCUT2D eigenvalue weighted by molar-refractivity contribution is 6.15. The van der Waals surface area contributed by atoms with Crippen molar-refractivity contribution in [1.82, 2.24) is 0 Å². The van der Waals surface area contributed by atoms with Crippen LogP contribution in [0.2, 0.25) is 0 Å². The predicted octanol–water partition coefficient (Wildman–Crippen LogP) is 3.83. The highest BCUT2D eigenvalue weighted by Crippen LogP contribution is 2.30. The van der Waals surface area contributed by atoms with Gasteiger partial charge in [-0.05, 0) is 24.6 Å². The zero-order chi connectivity index (χ0) is 21.2. The van der Waals surface area contributed by atoms with Crippen LogP contribution in [0.25, 0.3) is 0 Å². The van der Waals surface area contributed by atoms with Crippen molar-refractivity contribution in [3.05, 3.63) is 69.9 Å². The van der Waals surface area contributed by atoms with Gasteiger partial charge in [0.2, 0.25) is 0 Å². The number of nitro benzene ring substituents is 1. The summed E-state index contributed by atoms with van der Waals surface area (Å²) in [5.74, 6) is -2.36. The van der Waals surface area contributed by atoms with Gasteiger partial charge in [-0.1, -0.05) is 12.1 Å². The molecule has 0 amide bonds. The molecule has 9 heteroatoms. The Labute approximate surface area is 166 Å². The van der Waals surface area contributed by atoms with E-state index in [9.17, 15) is 19.7 Å². The fourth-order valence-electron chi connectivity index (χ4n) is 2.58. The molecule has 1 heterocycles. The molecule has 0 aromatic heterocycles. The van der Waals surface area contributed by atoms with Gasteiger partial charge in [-0.15, -0.1) is 0 Å². The van der Waals surface area contributed by atoms with Crippen LogP contribution in [-0.2, 0) is 19.1 Å². The number of carbonyl (C=O) groups is 2. The number of nitrogens with zero attached hydrogens (tertiary/aromatic N) is 1. The maximum atomic E-state index is 12.0. The van der Waals surface area contributed by atoms with Crippen LogP contribution in [0.3, 0.4) is 0 Å². The summed E-state index contributed by atoms with van der Waals surface area (Å²) in [6, 6.07) is 11.2. The molecule has 1 N–H and O–H groups in total. The van der Waals surface area contributed by atoms with Gasteiger partial charge in [0.05, 0.1) is 11.0 Å². The number of benzene rings is 2. The van der Waals surface area contributed by atoms with Crippen LogP contribution in [0, 0.1) is 17.0 Å². The average molecular weight is 398 g/mol. The highest BCUT2D eigenvalue weighted by atomic mass is 16.7. The summed E-state index contributed by atoms with van der Waals surface area (Å²) in [4.78, 5) is 34.7.